The van der Waals surface area contributed by atoms with Crippen LogP contribution in [0.1, 0.15) is 50.0 Å². The molecule has 0 spiro atoms. The van der Waals surface area contributed by atoms with Gasteiger partial charge in [0, 0.05) is 12.4 Å². The fraction of sp³-hybridized carbons (Fsp3) is 0.571. The van der Waals surface area contributed by atoms with Crippen LogP contribution in [0.4, 0.5) is 0 Å². The van der Waals surface area contributed by atoms with Crippen LogP contribution in [0.5, 0.6) is 0 Å². The van der Waals surface area contributed by atoms with Gasteiger partial charge < -0.3 is 0 Å². The molecular weight excluding hydrogens is 182 g/mol. The molecule has 0 saturated heterocycles. The van der Waals surface area contributed by atoms with Gasteiger partial charge in [-0.05, 0) is 42.7 Å². The molecule has 1 radical (unpaired) electrons. The SMILES string of the molecule is [CH2]CC(c1cccnc1)C1CCCCC1. The van der Waals surface area contributed by atoms with Crippen molar-refractivity contribution in [2.24, 2.45) is 5.92 Å². The smallest absolute Gasteiger partial charge is 0.0302 e. The van der Waals surface area contributed by atoms with E-state index in [0.29, 0.717) is 5.92 Å². The summed E-state index contributed by atoms with van der Waals surface area (Å²) in [6, 6.07) is 4.25. The number of hydrogen-bond acceptors (Lipinski definition) is 1. The maximum absolute atomic E-state index is 4.22. The molecule has 0 bridgehead atoms. The Bertz CT molecular complexity index is 275. The second-order valence-corrected chi connectivity index (χ2v) is 4.58. The minimum atomic E-state index is 0.638. The van der Waals surface area contributed by atoms with Crippen molar-refractivity contribution in [1.29, 1.82) is 0 Å². The largest absolute Gasteiger partial charge is 0.264 e. The summed E-state index contributed by atoms with van der Waals surface area (Å²) < 4.78 is 0. The molecule has 81 valence electrons. The normalized spacial score (nSPS) is 20.1. The highest BCUT2D eigenvalue weighted by atomic mass is 14.6. The van der Waals surface area contributed by atoms with Crippen molar-refractivity contribution in [2.45, 2.75) is 44.4 Å². The quantitative estimate of drug-likeness (QED) is 0.722. The van der Waals surface area contributed by atoms with E-state index in [-0.39, 0.29) is 0 Å². The first-order chi connectivity index (χ1) is 7.42. The van der Waals surface area contributed by atoms with Gasteiger partial charge in [0.15, 0.2) is 0 Å². The van der Waals surface area contributed by atoms with Crippen molar-refractivity contribution in [2.75, 3.05) is 0 Å². The van der Waals surface area contributed by atoms with Crippen LogP contribution < -0.4 is 0 Å². The molecule has 1 aliphatic rings. The Hall–Kier alpha value is -0.850. The Morgan fingerprint density at radius 2 is 2.13 bits per heavy atom. The van der Waals surface area contributed by atoms with Crippen LogP contribution in [0, 0.1) is 12.8 Å². The standard InChI is InChI=1S/C14H20N/c1-2-14(12-7-4-3-5-8-12)13-9-6-10-15-11-13/h6,9-12,14H,1-5,7-8H2. The molecular formula is C14H20N. The molecule has 1 unspecified atom stereocenters. The number of pyridine rings is 1. The molecule has 1 nitrogen and oxygen atoms in total. The lowest BCUT2D eigenvalue weighted by atomic mass is 9.76. The molecule has 0 aliphatic heterocycles. The van der Waals surface area contributed by atoms with Crippen LogP contribution in [-0.4, -0.2) is 4.98 Å². The zero-order valence-electron chi connectivity index (χ0n) is 9.36. The van der Waals surface area contributed by atoms with E-state index in [0.717, 1.165) is 12.3 Å². The highest BCUT2D eigenvalue weighted by Gasteiger charge is 2.23. The average Bonchev–Trinajstić information content (AvgIpc) is 2.33. The van der Waals surface area contributed by atoms with E-state index in [1.807, 2.05) is 18.5 Å². The molecule has 0 aromatic carbocycles. The summed E-state index contributed by atoms with van der Waals surface area (Å²) in [6.07, 6.45) is 11.9. The molecule has 1 saturated carbocycles. The zero-order valence-corrected chi connectivity index (χ0v) is 9.36. The molecule has 2 rings (SSSR count). The third-order valence-corrected chi connectivity index (χ3v) is 3.64. The summed E-state index contributed by atoms with van der Waals surface area (Å²) in [6.45, 7) is 4.11. The molecule has 1 heteroatoms. The van der Waals surface area contributed by atoms with Gasteiger partial charge in [-0.25, -0.2) is 0 Å². The van der Waals surface area contributed by atoms with Crippen molar-refractivity contribution in [1.82, 2.24) is 4.98 Å². The second-order valence-electron chi connectivity index (χ2n) is 4.58. The summed E-state index contributed by atoms with van der Waals surface area (Å²) in [5.41, 5.74) is 1.39. The highest BCUT2D eigenvalue weighted by Crippen LogP contribution is 2.37. The van der Waals surface area contributed by atoms with E-state index in [9.17, 15) is 0 Å². The van der Waals surface area contributed by atoms with Crippen LogP contribution in [0.3, 0.4) is 0 Å². The number of hydrogen-bond donors (Lipinski definition) is 0. The minimum Gasteiger partial charge on any atom is -0.264 e. The Kier molecular flexibility index (Phi) is 3.76. The predicted molar refractivity (Wildman–Crippen MR) is 63.5 cm³/mol. The maximum Gasteiger partial charge on any atom is 0.0302 e. The number of nitrogens with zero attached hydrogens (tertiary/aromatic N) is 1. The first kappa shape index (κ1) is 10.7. The van der Waals surface area contributed by atoms with E-state index >= 15 is 0 Å². The highest BCUT2D eigenvalue weighted by molar-refractivity contribution is 5.16. The van der Waals surface area contributed by atoms with Gasteiger partial charge in [-0.15, -0.1) is 0 Å². The van der Waals surface area contributed by atoms with Crippen LogP contribution in [-0.2, 0) is 0 Å². The van der Waals surface area contributed by atoms with Gasteiger partial charge in [-0.1, -0.05) is 32.3 Å². The minimum absolute atomic E-state index is 0.638. The van der Waals surface area contributed by atoms with Gasteiger partial charge in [-0.3, -0.25) is 4.98 Å². The summed E-state index contributed by atoms with van der Waals surface area (Å²) in [5, 5.41) is 0. The fourth-order valence-electron chi connectivity index (χ4n) is 2.81. The lowest BCUT2D eigenvalue weighted by molar-refractivity contribution is 0.304. The summed E-state index contributed by atoms with van der Waals surface area (Å²) in [7, 11) is 0. The van der Waals surface area contributed by atoms with Gasteiger partial charge in [0.2, 0.25) is 0 Å². The third-order valence-electron chi connectivity index (χ3n) is 3.64. The van der Waals surface area contributed by atoms with Crippen molar-refractivity contribution in [3.05, 3.63) is 37.0 Å². The Labute approximate surface area is 92.9 Å². The molecule has 1 heterocycles. The van der Waals surface area contributed by atoms with Crippen LogP contribution in [0.15, 0.2) is 24.5 Å². The molecule has 15 heavy (non-hydrogen) atoms. The molecule has 0 N–H and O–H groups in total. The first-order valence-corrected chi connectivity index (χ1v) is 6.11. The molecule has 1 aromatic heterocycles. The van der Waals surface area contributed by atoms with Gasteiger partial charge in [0.05, 0.1) is 0 Å². The van der Waals surface area contributed by atoms with E-state index < -0.39 is 0 Å². The monoisotopic (exact) mass is 202 g/mol. The van der Waals surface area contributed by atoms with Crippen molar-refractivity contribution in [3.63, 3.8) is 0 Å². The van der Waals surface area contributed by atoms with Crippen LogP contribution in [0.2, 0.25) is 0 Å². The Balaban J connectivity index is 2.09. The molecule has 1 aliphatic carbocycles. The average molecular weight is 202 g/mol. The number of rotatable bonds is 3. The van der Waals surface area contributed by atoms with Gasteiger partial charge >= 0.3 is 0 Å². The Morgan fingerprint density at radius 3 is 2.73 bits per heavy atom. The summed E-state index contributed by atoms with van der Waals surface area (Å²) in [4.78, 5) is 4.22. The summed E-state index contributed by atoms with van der Waals surface area (Å²) >= 11 is 0. The first-order valence-electron chi connectivity index (χ1n) is 6.11. The predicted octanol–water partition coefficient (Wildman–Crippen LogP) is 3.97. The topological polar surface area (TPSA) is 12.9 Å². The van der Waals surface area contributed by atoms with E-state index in [4.69, 9.17) is 0 Å². The molecule has 1 fully saturated rings. The Morgan fingerprint density at radius 1 is 1.33 bits per heavy atom. The molecule has 1 aromatic rings. The molecule has 0 amide bonds. The van der Waals surface area contributed by atoms with Gasteiger partial charge in [-0.2, -0.15) is 0 Å². The zero-order chi connectivity index (χ0) is 10.5. The lowest BCUT2D eigenvalue weighted by Gasteiger charge is -2.29. The van der Waals surface area contributed by atoms with Gasteiger partial charge in [0.25, 0.3) is 0 Å². The maximum atomic E-state index is 4.22. The van der Waals surface area contributed by atoms with Crippen molar-refractivity contribution in [3.8, 4) is 0 Å². The third kappa shape index (κ3) is 2.58. The van der Waals surface area contributed by atoms with Crippen LogP contribution in [0.25, 0.3) is 0 Å². The van der Waals surface area contributed by atoms with E-state index in [1.165, 1.54) is 37.7 Å². The van der Waals surface area contributed by atoms with Crippen molar-refractivity contribution < 1.29 is 0 Å². The van der Waals surface area contributed by atoms with Crippen LogP contribution >= 0.6 is 0 Å². The van der Waals surface area contributed by atoms with Gasteiger partial charge in [0.1, 0.15) is 0 Å². The number of aromatic nitrogens is 1. The van der Waals surface area contributed by atoms with E-state index in [1.54, 1.807) is 0 Å². The van der Waals surface area contributed by atoms with E-state index in [2.05, 4.69) is 18.0 Å². The fourth-order valence-corrected chi connectivity index (χ4v) is 2.81. The molecule has 1 atom stereocenters. The van der Waals surface area contributed by atoms with Crippen molar-refractivity contribution >= 4 is 0 Å². The lowest BCUT2D eigenvalue weighted by Crippen LogP contribution is -2.16. The summed E-state index contributed by atoms with van der Waals surface area (Å²) in [5.74, 6) is 1.49. The second kappa shape index (κ2) is 5.29.